The van der Waals surface area contributed by atoms with Gasteiger partial charge in [-0.25, -0.2) is 0 Å². The number of nitrogens with zero attached hydrogens (tertiary/aromatic N) is 1. The first-order valence-corrected chi connectivity index (χ1v) is 9.74. The molecule has 0 aromatic heterocycles. The summed E-state index contributed by atoms with van der Waals surface area (Å²) >= 11 is 7.56. The van der Waals surface area contributed by atoms with Gasteiger partial charge in [-0.1, -0.05) is 30.7 Å². The molecule has 0 spiro atoms. The molecule has 1 atom stereocenters. The van der Waals surface area contributed by atoms with Crippen molar-refractivity contribution in [1.82, 2.24) is 0 Å². The number of para-hydroxylation sites is 1. The van der Waals surface area contributed by atoms with Gasteiger partial charge in [0.1, 0.15) is 5.75 Å². The van der Waals surface area contributed by atoms with Crippen LogP contribution in [0.3, 0.4) is 0 Å². The zero-order chi connectivity index (χ0) is 19.4. The molecule has 2 aromatic carbocycles. The summed E-state index contributed by atoms with van der Waals surface area (Å²) in [4.78, 5) is 25.4. The molecule has 0 saturated heterocycles. The molecule has 27 heavy (non-hydrogen) atoms. The van der Waals surface area contributed by atoms with Gasteiger partial charge in [-0.2, -0.15) is 5.26 Å². The monoisotopic (exact) mass is 400 g/mol. The molecule has 0 saturated carbocycles. The number of ether oxygens (including phenoxy) is 1. The molecule has 1 aliphatic carbocycles. The molecule has 0 fully saturated rings. The Kier molecular flexibility index (Phi) is 6.04. The number of hydrogen-bond donors (Lipinski definition) is 1. The van der Waals surface area contributed by atoms with Crippen molar-refractivity contribution in [2.24, 2.45) is 0 Å². The third-order valence-corrected chi connectivity index (χ3v) is 5.50. The van der Waals surface area contributed by atoms with Crippen molar-refractivity contribution >= 4 is 40.7 Å². The van der Waals surface area contributed by atoms with Gasteiger partial charge in [-0.3, -0.25) is 9.59 Å². The predicted octanol–water partition coefficient (Wildman–Crippen LogP) is 4.66. The number of amides is 1. The molecular weight excluding hydrogens is 384 g/mol. The van der Waals surface area contributed by atoms with E-state index in [9.17, 15) is 9.59 Å². The van der Waals surface area contributed by atoms with Crippen molar-refractivity contribution in [2.45, 2.75) is 24.2 Å². The van der Waals surface area contributed by atoms with Gasteiger partial charge in [0.15, 0.2) is 12.4 Å². The van der Waals surface area contributed by atoms with Gasteiger partial charge < -0.3 is 10.1 Å². The van der Waals surface area contributed by atoms with Gasteiger partial charge in [0.05, 0.1) is 23.1 Å². The van der Waals surface area contributed by atoms with Gasteiger partial charge in [-0.15, -0.1) is 11.8 Å². The largest absolute Gasteiger partial charge is 0.483 e. The Balaban J connectivity index is 1.70. The third kappa shape index (κ3) is 4.26. The van der Waals surface area contributed by atoms with Gasteiger partial charge in [0, 0.05) is 16.3 Å². The Hall–Kier alpha value is -2.49. The van der Waals surface area contributed by atoms with Crippen molar-refractivity contribution in [3.63, 3.8) is 0 Å². The quantitative estimate of drug-likeness (QED) is 0.713. The lowest BCUT2D eigenvalue weighted by Crippen LogP contribution is -2.21. The molecule has 2 aromatic rings. The van der Waals surface area contributed by atoms with Crippen LogP contribution in [0.25, 0.3) is 0 Å². The second-order valence-corrected chi connectivity index (χ2v) is 7.57. The van der Waals surface area contributed by atoms with Crippen LogP contribution in [0, 0.1) is 11.3 Å². The Morgan fingerprint density at radius 2 is 2.15 bits per heavy atom. The van der Waals surface area contributed by atoms with E-state index in [4.69, 9.17) is 21.6 Å². The third-order valence-electron chi connectivity index (χ3n) is 4.23. The summed E-state index contributed by atoms with van der Waals surface area (Å²) in [6.45, 7) is 1.72. The average Bonchev–Trinajstić information content (AvgIpc) is 2.96. The molecule has 1 unspecified atom stereocenters. The van der Waals surface area contributed by atoms with E-state index in [0.29, 0.717) is 34.2 Å². The topological polar surface area (TPSA) is 79.2 Å². The van der Waals surface area contributed by atoms with E-state index in [1.54, 1.807) is 24.3 Å². The SMILES string of the molecule is CC1CC(=O)c2c(OCC(=O)Nc3ccccc3SCC#N)ccc(Cl)c21. The number of nitriles is 1. The summed E-state index contributed by atoms with van der Waals surface area (Å²) in [5.41, 5.74) is 1.89. The number of nitrogens with one attached hydrogen (secondary N) is 1. The highest BCUT2D eigenvalue weighted by Gasteiger charge is 2.31. The van der Waals surface area contributed by atoms with E-state index in [1.165, 1.54) is 11.8 Å². The minimum Gasteiger partial charge on any atom is -0.483 e. The van der Waals surface area contributed by atoms with Crippen LogP contribution in [0.4, 0.5) is 5.69 Å². The fraction of sp³-hybridized carbons (Fsp3) is 0.250. The molecule has 7 heteroatoms. The molecule has 0 heterocycles. The van der Waals surface area contributed by atoms with Crippen molar-refractivity contribution in [3.8, 4) is 11.8 Å². The standard InChI is InChI=1S/C20H17ClN2O3S/c1-12-10-15(24)20-16(7-6-13(21)19(12)20)26-11-18(25)23-14-4-2-3-5-17(14)27-9-8-22/h2-7,12H,9-11H2,1H3,(H,23,25). The molecule has 0 aliphatic heterocycles. The van der Waals surface area contributed by atoms with E-state index in [0.717, 1.165) is 10.5 Å². The molecule has 3 rings (SSSR count). The number of rotatable bonds is 6. The Labute approximate surface area is 166 Å². The van der Waals surface area contributed by atoms with Crippen LogP contribution in [0.2, 0.25) is 5.02 Å². The molecule has 0 radical (unpaired) electrons. The molecular formula is C20H17ClN2O3S. The van der Waals surface area contributed by atoms with Gasteiger partial charge in [-0.05, 0) is 35.7 Å². The first-order valence-electron chi connectivity index (χ1n) is 8.38. The number of benzene rings is 2. The Morgan fingerprint density at radius 3 is 2.93 bits per heavy atom. The summed E-state index contributed by atoms with van der Waals surface area (Å²) in [6, 6.07) is 12.6. The number of thioether (sulfide) groups is 1. The number of Topliss-reactive ketones (excluding diaryl/α,β-unsaturated/α-hetero) is 1. The van der Waals surface area contributed by atoms with Crippen molar-refractivity contribution in [3.05, 3.63) is 52.5 Å². The Bertz CT molecular complexity index is 939. The predicted molar refractivity (Wildman–Crippen MR) is 106 cm³/mol. The first-order chi connectivity index (χ1) is 13.0. The number of carbonyl (C=O) groups excluding carboxylic acids is 2. The van der Waals surface area contributed by atoms with Crippen molar-refractivity contribution in [2.75, 3.05) is 17.7 Å². The number of carbonyl (C=O) groups is 2. The number of halogens is 1. The molecule has 1 N–H and O–H groups in total. The molecule has 1 aliphatic rings. The molecule has 5 nitrogen and oxygen atoms in total. The first kappa shape index (κ1) is 19.3. The van der Waals surface area contributed by atoms with E-state index in [-0.39, 0.29) is 24.2 Å². The van der Waals surface area contributed by atoms with Crippen LogP contribution < -0.4 is 10.1 Å². The van der Waals surface area contributed by atoms with E-state index in [1.807, 2.05) is 19.1 Å². The number of hydrogen-bond acceptors (Lipinski definition) is 5. The highest BCUT2D eigenvalue weighted by atomic mass is 35.5. The van der Waals surface area contributed by atoms with Crippen LogP contribution in [0.15, 0.2) is 41.3 Å². The zero-order valence-corrected chi connectivity index (χ0v) is 16.2. The molecule has 1 amide bonds. The number of fused-ring (bicyclic) bond motifs is 1. The van der Waals surface area contributed by atoms with E-state index < -0.39 is 0 Å². The summed E-state index contributed by atoms with van der Waals surface area (Å²) in [6.07, 6.45) is 0.394. The normalized spacial score (nSPS) is 15.1. The van der Waals surface area contributed by atoms with Gasteiger partial charge in [0.25, 0.3) is 5.91 Å². The summed E-state index contributed by atoms with van der Waals surface area (Å²) < 4.78 is 5.63. The summed E-state index contributed by atoms with van der Waals surface area (Å²) in [5, 5.41) is 12.1. The highest BCUT2D eigenvalue weighted by Crippen LogP contribution is 2.42. The summed E-state index contributed by atoms with van der Waals surface area (Å²) in [5.74, 6) is 0.351. The minimum atomic E-state index is -0.345. The van der Waals surface area contributed by atoms with Crippen molar-refractivity contribution < 1.29 is 14.3 Å². The van der Waals surface area contributed by atoms with Crippen LogP contribution in [0.1, 0.15) is 35.2 Å². The van der Waals surface area contributed by atoms with Gasteiger partial charge in [0.2, 0.25) is 0 Å². The second kappa shape index (κ2) is 8.47. The van der Waals surface area contributed by atoms with Crippen LogP contribution in [-0.4, -0.2) is 24.1 Å². The van der Waals surface area contributed by atoms with Crippen LogP contribution >= 0.6 is 23.4 Å². The highest BCUT2D eigenvalue weighted by molar-refractivity contribution is 7.99. The van der Waals surface area contributed by atoms with Gasteiger partial charge >= 0.3 is 0 Å². The second-order valence-electron chi connectivity index (χ2n) is 6.14. The number of anilines is 1. The minimum absolute atomic E-state index is 0.0198. The smallest absolute Gasteiger partial charge is 0.262 e. The molecule has 0 bridgehead atoms. The van der Waals surface area contributed by atoms with E-state index >= 15 is 0 Å². The summed E-state index contributed by atoms with van der Waals surface area (Å²) in [7, 11) is 0. The van der Waals surface area contributed by atoms with E-state index in [2.05, 4.69) is 11.4 Å². The lowest BCUT2D eigenvalue weighted by molar-refractivity contribution is -0.118. The Morgan fingerprint density at radius 1 is 1.37 bits per heavy atom. The maximum Gasteiger partial charge on any atom is 0.262 e. The molecule has 138 valence electrons. The van der Waals surface area contributed by atoms with Crippen LogP contribution in [-0.2, 0) is 4.79 Å². The maximum atomic E-state index is 12.3. The van der Waals surface area contributed by atoms with Crippen LogP contribution in [0.5, 0.6) is 5.75 Å². The zero-order valence-electron chi connectivity index (χ0n) is 14.6. The average molecular weight is 401 g/mol. The fourth-order valence-corrected chi connectivity index (χ4v) is 4.09. The lowest BCUT2D eigenvalue weighted by atomic mass is 10.0. The fourth-order valence-electron chi connectivity index (χ4n) is 3.08. The maximum absolute atomic E-state index is 12.3. The lowest BCUT2D eigenvalue weighted by Gasteiger charge is -2.13. The number of ketones is 1. The van der Waals surface area contributed by atoms with Crippen molar-refractivity contribution in [1.29, 1.82) is 5.26 Å².